The third kappa shape index (κ3) is 5.91. The molecule has 0 spiro atoms. The Morgan fingerprint density at radius 3 is 2.29 bits per heavy atom. The van der Waals surface area contributed by atoms with Gasteiger partial charge in [-0.1, -0.05) is 23.4 Å². The van der Waals surface area contributed by atoms with Crippen LogP contribution in [0.3, 0.4) is 0 Å². The van der Waals surface area contributed by atoms with E-state index < -0.39 is 6.04 Å². The second-order valence-electron chi connectivity index (χ2n) is 8.91. The molecule has 2 aromatic heterocycles. The number of methoxy groups -OCH3 is 4. The van der Waals surface area contributed by atoms with Crippen molar-refractivity contribution in [2.45, 2.75) is 12.5 Å². The number of rotatable bonds is 10. The molecule has 1 amide bonds. The van der Waals surface area contributed by atoms with Gasteiger partial charge in [-0.3, -0.25) is 9.89 Å². The fourth-order valence-electron chi connectivity index (χ4n) is 4.48. The van der Waals surface area contributed by atoms with Gasteiger partial charge in [0.1, 0.15) is 22.8 Å². The van der Waals surface area contributed by atoms with Gasteiger partial charge in [0.25, 0.3) is 0 Å². The smallest absolute Gasteiger partial charge is 0.241 e. The monoisotopic (exact) mass is 579 g/mol. The van der Waals surface area contributed by atoms with E-state index in [9.17, 15) is 4.79 Å². The van der Waals surface area contributed by atoms with Crippen LogP contribution in [0.5, 0.6) is 23.0 Å². The minimum Gasteiger partial charge on any atom is -0.495 e. The molecule has 1 unspecified atom stereocenters. The molecule has 0 aliphatic rings. The topological polar surface area (TPSA) is 147 Å². The maximum Gasteiger partial charge on any atom is 0.241 e. The summed E-state index contributed by atoms with van der Waals surface area (Å²) in [4.78, 5) is 13.1. The Labute approximate surface area is 242 Å². The summed E-state index contributed by atoms with van der Waals surface area (Å²) in [5, 5.41) is 15.1. The summed E-state index contributed by atoms with van der Waals surface area (Å²) in [5.74, 6) is 2.13. The first-order chi connectivity index (χ1) is 19.4. The molecule has 5 rings (SSSR count). The van der Waals surface area contributed by atoms with Crippen LogP contribution in [0.1, 0.15) is 5.76 Å². The molecule has 2 heterocycles. The molecule has 4 N–H and O–H groups in total. The molecule has 41 heavy (non-hydrogen) atoms. The first-order valence-corrected chi connectivity index (χ1v) is 12.4. The lowest BCUT2D eigenvalue weighted by Gasteiger charge is -2.15. The minimum atomic E-state index is -0.850. The molecular formula is C29H30ClN5O6. The van der Waals surface area contributed by atoms with Gasteiger partial charge in [0.2, 0.25) is 11.7 Å². The van der Waals surface area contributed by atoms with E-state index >= 15 is 0 Å². The van der Waals surface area contributed by atoms with Crippen LogP contribution < -0.4 is 30.0 Å². The second kappa shape index (κ2) is 12.6. The maximum absolute atomic E-state index is 13.1. The summed E-state index contributed by atoms with van der Waals surface area (Å²) in [7, 11) is 6.15. The van der Waals surface area contributed by atoms with Crippen molar-refractivity contribution in [2.75, 3.05) is 33.8 Å². The van der Waals surface area contributed by atoms with Gasteiger partial charge in [-0.2, -0.15) is 0 Å². The number of nitrogens with one attached hydrogen (secondary N) is 2. The average molecular weight is 580 g/mol. The Morgan fingerprint density at radius 2 is 1.63 bits per heavy atom. The zero-order chi connectivity index (χ0) is 28.2. The number of fused-ring (bicyclic) bond motifs is 1. The van der Waals surface area contributed by atoms with Crippen LogP contribution in [0.25, 0.3) is 33.5 Å². The number of H-pyrrole nitrogens is 1. The number of amides is 1. The molecule has 0 saturated carbocycles. The number of para-hydroxylation sites is 1. The number of hydrogen-bond donors (Lipinski definition) is 3. The highest BCUT2D eigenvalue weighted by Gasteiger charge is 2.22. The van der Waals surface area contributed by atoms with Crippen molar-refractivity contribution < 1.29 is 28.2 Å². The number of hydrogen-bond acceptors (Lipinski definition) is 9. The first kappa shape index (κ1) is 29.2. The first-order valence-electron chi connectivity index (χ1n) is 12.4. The summed E-state index contributed by atoms with van der Waals surface area (Å²) < 4.78 is 27.7. The number of carbonyl (C=O) groups excluding carboxylic acids is 1. The summed E-state index contributed by atoms with van der Waals surface area (Å²) in [5.41, 5.74) is 9.98. The SMILES string of the molecule is COc1ccc(-c2[nH]nnc2-c2cc(OC)c(OC)c(OC)c2)cc1NC(=O)C(N)Cc1cc2ccccc2o1.Cl. The van der Waals surface area contributed by atoms with E-state index in [2.05, 4.69) is 20.7 Å². The Kier molecular flexibility index (Phi) is 9.00. The molecule has 3 aromatic carbocycles. The number of ether oxygens (including phenoxy) is 4. The number of aromatic nitrogens is 3. The molecular weight excluding hydrogens is 550 g/mol. The van der Waals surface area contributed by atoms with Crippen molar-refractivity contribution in [3.8, 4) is 45.5 Å². The number of aromatic amines is 1. The lowest BCUT2D eigenvalue weighted by Crippen LogP contribution is -2.37. The highest BCUT2D eigenvalue weighted by atomic mass is 35.5. The van der Waals surface area contributed by atoms with Crippen molar-refractivity contribution in [3.05, 3.63) is 66.4 Å². The fourth-order valence-corrected chi connectivity index (χ4v) is 4.48. The quantitative estimate of drug-likeness (QED) is 0.211. The summed E-state index contributed by atoms with van der Waals surface area (Å²) in [6, 6.07) is 17.6. The summed E-state index contributed by atoms with van der Waals surface area (Å²) in [6.45, 7) is 0. The summed E-state index contributed by atoms with van der Waals surface area (Å²) in [6.07, 6.45) is 0.234. The number of anilines is 1. The molecule has 5 aromatic rings. The van der Waals surface area contributed by atoms with Crippen LogP contribution in [-0.2, 0) is 11.2 Å². The van der Waals surface area contributed by atoms with Crippen molar-refractivity contribution in [3.63, 3.8) is 0 Å². The number of benzene rings is 3. The van der Waals surface area contributed by atoms with E-state index in [4.69, 9.17) is 29.1 Å². The van der Waals surface area contributed by atoms with E-state index in [1.165, 1.54) is 14.2 Å². The lowest BCUT2D eigenvalue weighted by molar-refractivity contribution is -0.117. The third-order valence-electron chi connectivity index (χ3n) is 6.47. The van der Waals surface area contributed by atoms with Gasteiger partial charge in [-0.25, -0.2) is 0 Å². The Bertz CT molecular complexity index is 1610. The van der Waals surface area contributed by atoms with Gasteiger partial charge in [0, 0.05) is 22.9 Å². The van der Waals surface area contributed by atoms with Gasteiger partial charge in [-0.15, -0.1) is 17.5 Å². The van der Waals surface area contributed by atoms with Gasteiger partial charge < -0.3 is 34.4 Å². The second-order valence-corrected chi connectivity index (χ2v) is 8.91. The van der Waals surface area contributed by atoms with Crippen LogP contribution >= 0.6 is 12.4 Å². The van der Waals surface area contributed by atoms with Crippen molar-refractivity contribution in [2.24, 2.45) is 5.73 Å². The number of halogens is 1. The maximum atomic E-state index is 13.1. The van der Waals surface area contributed by atoms with E-state index in [0.717, 1.165) is 11.0 Å². The number of nitrogens with two attached hydrogens (primary N) is 1. The van der Waals surface area contributed by atoms with Gasteiger partial charge in [0.15, 0.2) is 11.5 Å². The van der Waals surface area contributed by atoms with Crippen LogP contribution in [0.2, 0.25) is 0 Å². The molecule has 1 atom stereocenters. The highest BCUT2D eigenvalue weighted by Crippen LogP contribution is 2.42. The molecule has 0 radical (unpaired) electrons. The lowest BCUT2D eigenvalue weighted by atomic mass is 10.0. The highest BCUT2D eigenvalue weighted by molar-refractivity contribution is 5.97. The Balaban J connectivity index is 0.00000387. The molecule has 11 nitrogen and oxygen atoms in total. The zero-order valence-corrected chi connectivity index (χ0v) is 23.7. The van der Waals surface area contributed by atoms with E-state index in [0.29, 0.717) is 57.0 Å². The normalized spacial score (nSPS) is 11.4. The van der Waals surface area contributed by atoms with Crippen molar-refractivity contribution >= 4 is 35.0 Å². The number of furan rings is 1. The molecule has 12 heteroatoms. The molecule has 0 bridgehead atoms. The van der Waals surface area contributed by atoms with E-state index in [1.54, 1.807) is 38.5 Å². The largest absolute Gasteiger partial charge is 0.495 e. The van der Waals surface area contributed by atoms with Gasteiger partial charge in [-0.05, 0) is 42.5 Å². The van der Waals surface area contributed by atoms with E-state index in [-0.39, 0.29) is 24.7 Å². The predicted octanol–water partition coefficient (Wildman–Crippen LogP) is 4.85. The standard InChI is InChI=1S/C29H29N5O6.ClH/c1-36-23-10-9-17(26-27(33-34-32-26)18-13-24(37-2)28(39-4)25(14-18)38-3)12-21(23)31-29(35)20(30)15-19-11-16-7-5-6-8-22(16)40-19;/h5-14,20H,15,30H2,1-4H3,(H,31,35)(H,32,33,34);1H. The number of carbonyl (C=O) groups is 1. The zero-order valence-electron chi connectivity index (χ0n) is 22.9. The summed E-state index contributed by atoms with van der Waals surface area (Å²) >= 11 is 0. The van der Waals surface area contributed by atoms with Gasteiger partial charge in [0.05, 0.1) is 45.9 Å². The van der Waals surface area contributed by atoms with Crippen molar-refractivity contribution in [1.82, 2.24) is 15.4 Å². The minimum absolute atomic E-state index is 0. The van der Waals surface area contributed by atoms with Gasteiger partial charge >= 0.3 is 0 Å². The molecule has 0 fully saturated rings. The molecule has 0 aliphatic carbocycles. The van der Waals surface area contributed by atoms with Crippen LogP contribution in [0.15, 0.2) is 65.1 Å². The van der Waals surface area contributed by atoms with E-state index in [1.807, 2.05) is 36.4 Å². The van der Waals surface area contributed by atoms with Crippen molar-refractivity contribution in [1.29, 1.82) is 0 Å². The third-order valence-corrected chi connectivity index (χ3v) is 6.47. The van der Waals surface area contributed by atoms with Crippen LogP contribution in [0.4, 0.5) is 5.69 Å². The number of nitrogens with zero attached hydrogens (tertiary/aromatic N) is 2. The Hall–Kier alpha value is -4.74. The molecule has 0 saturated heterocycles. The predicted molar refractivity (Wildman–Crippen MR) is 157 cm³/mol. The average Bonchev–Trinajstić information content (AvgIpc) is 3.63. The fraction of sp³-hybridized carbons (Fsp3) is 0.207. The molecule has 214 valence electrons. The van der Waals surface area contributed by atoms with Crippen LogP contribution in [0, 0.1) is 0 Å². The Morgan fingerprint density at radius 1 is 0.927 bits per heavy atom. The van der Waals surface area contributed by atoms with Crippen LogP contribution in [-0.4, -0.2) is 55.8 Å². The molecule has 0 aliphatic heterocycles.